The lowest BCUT2D eigenvalue weighted by molar-refractivity contribution is 0.700. The van der Waals surface area contributed by atoms with Crippen molar-refractivity contribution in [2.75, 3.05) is 5.75 Å². The van der Waals surface area contributed by atoms with Crippen molar-refractivity contribution < 1.29 is 4.39 Å². The summed E-state index contributed by atoms with van der Waals surface area (Å²) in [7, 11) is 0. The van der Waals surface area contributed by atoms with Crippen LogP contribution in [0.3, 0.4) is 0 Å². The third-order valence-corrected chi connectivity index (χ3v) is 1.54. The maximum Gasteiger partial charge on any atom is 0.152 e. The maximum absolute atomic E-state index is 11.7. The molecule has 0 spiro atoms. The van der Waals surface area contributed by atoms with Crippen molar-refractivity contribution in [3.63, 3.8) is 0 Å². The third kappa shape index (κ3) is 0.744. The Labute approximate surface area is 40.4 Å². The molecule has 0 aromatic heterocycles. The zero-order chi connectivity index (χ0) is 4.41. The fourth-order valence-electron chi connectivity index (χ4n) is 0.388. The lowest BCUT2D eigenvalue weighted by atomic mass is 10.5. The minimum Gasteiger partial charge on any atom is -0.200 e. The van der Waals surface area contributed by atoms with Gasteiger partial charge < -0.3 is 0 Å². The Hall–Kier alpha value is 0.0200. The molecule has 0 radical (unpaired) electrons. The zero-order valence-corrected chi connectivity index (χ0v) is 4.09. The lowest BCUT2D eigenvalue weighted by Crippen LogP contribution is -1.56. The van der Waals surface area contributed by atoms with Crippen LogP contribution in [0.1, 0.15) is 6.42 Å². The van der Waals surface area contributed by atoms with E-state index < -0.39 is 0 Å². The van der Waals surface area contributed by atoms with Crippen LogP contribution >= 0.6 is 11.8 Å². The summed E-state index contributed by atoms with van der Waals surface area (Å²) >= 11 is 1.29. The third-order valence-electron chi connectivity index (χ3n) is 0.663. The summed E-state index contributed by atoms with van der Waals surface area (Å²) in [5, 5.41) is -0.00463. The fourth-order valence-corrected chi connectivity index (χ4v) is 1.05. The molecule has 1 rings (SSSR count). The molecule has 0 nitrogen and oxygen atoms in total. The Morgan fingerprint density at radius 2 is 2.67 bits per heavy atom. The highest BCUT2D eigenvalue weighted by Crippen LogP contribution is 2.24. The van der Waals surface area contributed by atoms with Crippen LogP contribution in [0.15, 0.2) is 11.2 Å². The van der Waals surface area contributed by atoms with Crippen molar-refractivity contribution in [1.82, 2.24) is 0 Å². The molecule has 0 amide bonds. The van der Waals surface area contributed by atoms with E-state index in [0.717, 1.165) is 12.2 Å². The van der Waals surface area contributed by atoms with Crippen LogP contribution in [0.25, 0.3) is 0 Å². The molecule has 0 fully saturated rings. The first-order chi connectivity index (χ1) is 2.89. The Morgan fingerprint density at radius 1 is 1.83 bits per heavy atom. The first-order valence-electron chi connectivity index (χ1n) is 1.88. The maximum atomic E-state index is 11.7. The monoisotopic (exact) mass is 104 g/mol. The Bertz CT molecular complexity index is 77.6. The second-order valence-electron chi connectivity index (χ2n) is 1.15. The van der Waals surface area contributed by atoms with Gasteiger partial charge in [0.15, 0.2) is 5.16 Å². The van der Waals surface area contributed by atoms with Gasteiger partial charge in [0.2, 0.25) is 0 Å². The average Bonchev–Trinajstić information content (AvgIpc) is 1.86. The van der Waals surface area contributed by atoms with Crippen molar-refractivity contribution in [3.05, 3.63) is 11.2 Å². The van der Waals surface area contributed by atoms with Gasteiger partial charge in [0.05, 0.1) is 0 Å². The molecule has 1 heterocycles. The van der Waals surface area contributed by atoms with E-state index in [0.29, 0.717) is 0 Å². The van der Waals surface area contributed by atoms with Crippen LogP contribution in [0.2, 0.25) is 0 Å². The molecule has 1 aliphatic heterocycles. The number of hydrogen-bond donors (Lipinski definition) is 0. The molecule has 0 unspecified atom stereocenters. The molecule has 1 aliphatic rings. The van der Waals surface area contributed by atoms with Crippen LogP contribution in [-0.4, -0.2) is 5.75 Å². The van der Waals surface area contributed by atoms with Crippen LogP contribution < -0.4 is 0 Å². The Balaban J connectivity index is 2.45. The van der Waals surface area contributed by atoms with Crippen LogP contribution in [0, 0.1) is 0 Å². The van der Waals surface area contributed by atoms with Gasteiger partial charge >= 0.3 is 0 Å². The van der Waals surface area contributed by atoms with E-state index in [9.17, 15) is 4.39 Å². The van der Waals surface area contributed by atoms with Gasteiger partial charge in [0.1, 0.15) is 0 Å². The molecule has 0 saturated carbocycles. The number of halogens is 1. The molecule has 0 aliphatic carbocycles. The van der Waals surface area contributed by atoms with E-state index in [1.165, 1.54) is 11.8 Å². The SMILES string of the molecule is FC1=CCCS1. The van der Waals surface area contributed by atoms with Crippen LogP contribution in [0.4, 0.5) is 4.39 Å². The molecule has 0 bridgehead atoms. The van der Waals surface area contributed by atoms with Gasteiger partial charge in [-0.3, -0.25) is 0 Å². The van der Waals surface area contributed by atoms with E-state index in [4.69, 9.17) is 0 Å². The largest absolute Gasteiger partial charge is 0.200 e. The van der Waals surface area contributed by atoms with Gasteiger partial charge in [-0.1, -0.05) is 11.8 Å². The van der Waals surface area contributed by atoms with E-state index >= 15 is 0 Å². The topological polar surface area (TPSA) is 0 Å². The van der Waals surface area contributed by atoms with E-state index in [1.807, 2.05) is 0 Å². The highest BCUT2D eigenvalue weighted by Gasteiger charge is 2.00. The average molecular weight is 104 g/mol. The summed E-state index contributed by atoms with van der Waals surface area (Å²) in [5.41, 5.74) is 0. The molecule has 0 aromatic rings. The first-order valence-corrected chi connectivity index (χ1v) is 2.86. The van der Waals surface area contributed by atoms with Gasteiger partial charge in [0, 0.05) is 5.75 Å². The normalized spacial score (nSPS) is 21.2. The van der Waals surface area contributed by atoms with Crippen molar-refractivity contribution >= 4 is 11.8 Å². The predicted octanol–water partition coefficient (Wildman–Crippen LogP) is 1.93. The zero-order valence-electron chi connectivity index (χ0n) is 3.28. The fraction of sp³-hybridized carbons (Fsp3) is 0.500. The number of allylic oxidation sites excluding steroid dienone is 1. The standard InChI is InChI=1S/C4H5FS/c5-4-2-1-3-6-4/h2H,1,3H2. The minimum absolute atomic E-state index is 0.00463. The molecular formula is C4H5FS. The van der Waals surface area contributed by atoms with Gasteiger partial charge in [-0.05, 0) is 12.5 Å². The second-order valence-corrected chi connectivity index (χ2v) is 2.23. The highest BCUT2D eigenvalue weighted by molar-refractivity contribution is 8.03. The summed E-state index contributed by atoms with van der Waals surface area (Å²) in [6, 6.07) is 0. The lowest BCUT2D eigenvalue weighted by Gasteiger charge is -1.75. The summed E-state index contributed by atoms with van der Waals surface area (Å²) < 4.78 is 11.7. The van der Waals surface area contributed by atoms with Crippen molar-refractivity contribution in [3.8, 4) is 0 Å². The number of thioether (sulfide) groups is 1. The summed E-state index contributed by atoms with van der Waals surface area (Å²) in [6.07, 6.45) is 2.53. The first kappa shape index (κ1) is 4.19. The van der Waals surface area contributed by atoms with Gasteiger partial charge in [-0.25, -0.2) is 0 Å². The van der Waals surface area contributed by atoms with E-state index in [1.54, 1.807) is 6.08 Å². The number of hydrogen-bond acceptors (Lipinski definition) is 1. The Kier molecular flexibility index (Phi) is 1.15. The van der Waals surface area contributed by atoms with Crippen molar-refractivity contribution in [2.24, 2.45) is 0 Å². The molecule has 2 heteroatoms. The minimum atomic E-state index is -0.00463. The molecule has 34 valence electrons. The second kappa shape index (κ2) is 1.65. The molecule has 0 saturated heterocycles. The van der Waals surface area contributed by atoms with Crippen LogP contribution in [-0.2, 0) is 0 Å². The van der Waals surface area contributed by atoms with Gasteiger partial charge in [-0.2, -0.15) is 4.39 Å². The molecule has 0 aromatic carbocycles. The van der Waals surface area contributed by atoms with Crippen molar-refractivity contribution in [1.29, 1.82) is 0 Å². The summed E-state index contributed by atoms with van der Waals surface area (Å²) in [5.74, 6) is 0.936. The molecule has 0 N–H and O–H groups in total. The summed E-state index contributed by atoms with van der Waals surface area (Å²) in [4.78, 5) is 0. The molecular weight excluding hydrogens is 99.1 g/mol. The van der Waals surface area contributed by atoms with Gasteiger partial charge in [-0.15, -0.1) is 0 Å². The van der Waals surface area contributed by atoms with Crippen molar-refractivity contribution in [2.45, 2.75) is 6.42 Å². The van der Waals surface area contributed by atoms with Crippen LogP contribution in [0.5, 0.6) is 0 Å². The number of rotatable bonds is 0. The summed E-state index contributed by atoms with van der Waals surface area (Å²) in [6.45, 7) is 0. The van der Waals surface area contributed by atoms with E-state index in [2.05, 4.69) is 0 Å². The quantitative estimate of drug-likeness (QED) is 0.452. The van der Waals surface area contributed by atoms with E-state index in [-0.39, 0.29) is 5.16 Å². The van der Waals surface area contributed by atoms with Gasteiger partial charge in [0.25, 0.3) is 0 Å². The smallest absolute Gasteiger partial charge is 0.152 e. The Morgan fingerprint density at radius 3 is 2.83 bits per heavy atom. The molecule has 0 atom stereocenters. The highest BCUT2D eigenvalue weighted by atomic mass is 32.2. The molecule has 6 heavy (non-hydrogen) atoms. The predicted molar refractivity (Wildman–Crippen MR) is 26.3 cm³/mol.